The lowest BCUT2D eigenvalue weighted by molar-refractivity contribution is -0.137. The summed E-state index contributed by atoms with van der Waals surface area (Å²) in [5.41, 5.74) is 0. The molecule has 0 heterocycles. The van der Waals surface area contributed by atoms with Crippen molar-refractivity contribution in [3.63, 3.8) is 0 Å². The Morgan fingerprint density at radius 1 is 1.26 bits per heavy atom. The topological polar surface area (TPSA) is 81.7 Å². The number of carbonyl (C=O) groups is 2. The van der Waals surface area contributed by atoms with Crippen LogP contribution in [0.25, 0.3) is 0 Å². The van der Waals surface area contributed by atoms with Gasteiger partial charge >= 0.3 is 12.1 Å². The van der Waals surface area contributed by atoms with Gasteiger partial charge in [0.2, 0.25) is 0 Å². The van der Waals surface area contributed by atoms with E-state index in [2.05, 4.69) is 25.7 Å². The van der Waals surface area contributed by atoms with Crippen LogP contribution in [-0.2, 0) is 24.2 Å². The molecule has 0 saturated heterocycles. The number of esters is 1. The van der Waals surface area contributed by atoms with Gasteiger partial charge in [0.25, 0.3) is 0 Å². The van der Waals surface area contributed by atoms with Gasteiger partial charge in [0, 0.05) is 16.6 Å². The molecule has 0 aliphatic rings. The number of thiol groups is 1. The maximum atomic E-state index is 12.8. The summed E-state index contributed by atoms with van der Waals surface area (Å²) in [6, 6.07) is 0. The van der Waals surface area contributed by atoms with Gasteiger partial charge in [0.1, 0.15) is 6.61 Å². The number of hydrogen-bond donors (Lipinski definition) is 2. The van der Waals surface area contributed by atoms with Crippen molar-refractivity contribution in [3.8, 4) is 0 Å². The van der Waals surface area contributed by atoms with Gasteiger partial charge in [-0.25, -0.2) is 9.59 Å². The summed E-state index contributed by atoms with van der Waals surface area (Å²) in [6.07, 6.45) is 2.86. The van der Waals surface area contributed by atoms with Crippen LogP contribution in [0.4, 0.5) is 4.79 Å². The molecular formula is C16H31NO5S. The lowest BCUT2D eigenvalue weighted by atomic mass is 10.00. The molecule has 136 valence electrons. The lowest BCUT2D eigenvalue weighted by Gasteiger charge is -2.40. The molecule has 1 N–H and O–H groups in total. The van der Waals surface area contributed by atoms with Gasteiger partial charge in [-0.1, -0.05) is 20.4 Å². The zero-order valence-electron chi connectivity index (χ0n) is 14.9. The fourth-order valence-corrected chi connectivity index (χ4v) is 4.18. The van der Waals surface area contributed by atoms with Gasteiger partial charge in [0.15, 0.2) is 0 Å². The Labute approximate surface area is 140 Å². The van der Waals surface area contributed by atoms with Crippen LogP contribution in [0.1, 0.15) is 34.1 Å². The summed E-state index contributed by atoms with van der Waals surface area (Å²) in [7, 11) is -2.33. The van der Waals surface area contributed by atoms with Crippen LogP contribution < -0.4 is 5.32 Å². The van der Waals surface area contributed by atoms with Crippen LogP contribution in [0.3, 0.4) is 0 Å². The molecule has 7 heteroatoms. The third-order valence-electron chi connectivity index (χ3n) is 4.38. The van der Waals surface area contributed by atoms with Gasteiger partial charge in [-0.3, -0.25) is 4.21 Å². The van der Waals surface area contributed by atoms with Crippen LogP contribution in [-0.4, -0.2) is 52.8 Å². The molecule has 0 radical (unpaired) electrons. The molecule has 23 heavy (non-hydrogen) atoms. The monoisotopic (exact) mass is 349 g/mol. The van der Waals surface area contributed by atoms with E-state index in [-0.39, 0.29) is 24.5 Å². The largest absolute Gasteiger partial charge is 0.461 e. The molecule has 0 aromatic rings. The molecule has 0 spiro atoms. The summed E-state index contributed by atoms with van der Waals surface area (Å²) >= 11 is 0. The average Bonchev–Trinajstić information content (AvgIpc) is 2.47. The van der Waals surface area contributed by atoms with Crippen molar-refractivity contribution in [2.24, 2.45) is 5.92 Å². The van der Waals surface area contributed by atoms with E-state index in [0.717, 1.165) is 6.08 Å². The number of nitrogens with one attached hydrogen (secondary N) is 1. The third kappa shape index (κ3) is 7.63. The second-order valence-corrected chi connectivity index (χ2v) is 10.2. The Morgan fingerprint density at radius 3 is 2.39 bits per heavy atom. The molecule has 1 amide bonds. The maximum absolute atomic E-state index is 12.8. The molecule has 0 saturated carbocycles. The molecule has 0 aliphatic carbocycles. The van der Waals surface area contributed by atoms with Gasteiger partial charge < -0.3 is 14.8 Å². The van der Waals surface area contributed by atoms with Gasteiger partial charge in [-0.2, -0.15) is 0 Å². The fourth-order valence-electron chi connectivity index (χ4n) is 1.78. The summed E-state index contributed by atoms with van der Waals surface area (Å²) in [6.45, 7) is 11.9. The van der Waals surface area contributed by atoms with Crippen molar-refractivity contribution >= 4 is 22.0 Å². The summed E-state index contributed by atoms with van der Waals surface area (Å²) in [5, 5.41) is 2.47. The SMILES string of the molecule is C=CC(=O)OCCNC(=O)OCCC[SH](C)(=O)C(C)(C)C(C)C. The Balaban J connectivity index is 3.95. The minimum Gasteiger partial charge on any atom is -0.461 e. The van der Waals surface area contributed by atoms with E-state index >= 15 is 0 Å². The first-order valence-electron chi connectivity index (χ1n) is 7.81. The highest BCUT2D eigenvalue weighted by Gasteiger charge is 2.33. The van der Waals surface area contributed by atoms with Crippen molar-refractivity contribution in [1.29, 1.82) is 0 Å². The van der Waals surface area contributed by atoms with E-state index in [9.17, 15) is 13.8 Å². The third-order valence-corrected chi connectivity index (χ3v) is 8.50. The summed E-state index contributed by atoms with van der Waals surface area (Å²) in [5.74, 6) is 0.329. The van der Waals surface area contributed by atoms with Crippen LogP contribution in [0.15, 0.2) is 12.7 Å². The van der Waals surface area contributed by atoms with Crippen molar-refractivity contribution in [3.05, 3.63) is 12.7 Å². The number of alkyl carbamates (subject to hydrolysis) is 1. The quantitative estimate of drug-likeness (QED) is 0.272. The molecule has 0 atom stereocenters. The molecule has 0 bridgehead atoms. The molecular weight excluding hydrogens is 318 g/mol. The van der Waals surface area contributed by atoms with E-state index in [1.807, 2.05) is 20.1 Å². The molecule has 0 aromatic heterocycles. The van der Waals surface area contributed by atoms with Crippen molar-refractivity contribution in [2.45, 2.75) is 38.9 Å². The highest BCUT2D eigenvalue weighted by molar-refractivity contribution is 8.03. The molecule has 6 nitrogen and oxygen atoms in total. The molecule has 0 aromatic carbocycles. The Morgan fingerprint density at radius 2 is 1.87 bits per heavy atom. The minimum absolute atomic E-state index is 0.0622. The number of carbonyl (C=O) groups excluding carboxylic acids is 2. The number of ether oxygens (including phenoxy) is 2. The smallest absolute Gasteiger partial charge is 0.407 e. The van der Waals surface area contributed by atoms with Gasteiger partial charge in [-0.15, -0.1) is 9.93 Å². The Hall–Kier alpha value is -1.37. The fraction of sp³-hybridized carbons (Fsp3) is 0.750. The standard InChI is InChI=1S/C16H31NO5S/c1-7-14(18)21-11-9-17-15(19)22-10-8-12-23(6,20)16(4,5)13(2)3/h7,13,23H,1,8-12H2,2-6H3,(H,17,19). The van der Waals surface area contributed by atoms with Crippen molar-refractivity contribution in [1.82, 2.24) is 5.32 Å². The first kappa shape index (κ1) is 21.6. The molecule has 0 aliphatic heterocycles. The van der Waals surface area contributed by atoms with Crippen LogP contribution in [0, 0.1) is 5.92 Å². The summed E-state index contributed by atoms with van der Waals surface area (Å²) < 4.78 is 22.3. The molecule has 0 unspecified atom stereocenters. The number of rotatable bonds is 10. The Bertz CT molecular complexity index is 459. The van der Waals surface area contributed by atoms with E-state index in [1.165, 1.54) is 0 Å². The second-order valence-electron chi connectivity index (χ2n) is 6.42. The van der Waals surface area contributed by atoms with E-state index < -0.39 is 22.0 Å². The average molecular weight is 349 g/mol. The van der Waals surface area contributed by atoms with E-state index in [1.54, 1.807) is 0 Å². The first-order chi connectivity index (χ1) is 10.5. The minimum atomic E-state index is -2.33. The zero-order chi connectivity index (χ0) is 18.1. The maximum Gasteiger partial charge on any atom is 0.407 e. The zero-order valence-corrected chi connectivity index (χ0v) is 15.8. The van der Waals surface area contributed by atoms with Crippen LogP contribution in [0.2, 0.25) is 0 Å². The summed E-state index contributed by atoms with van der Waals surface area (Å²) in [4.78, 5) is 22.2. The van der Waals surface area contributed by atoms with E-state index in [0.29, 0.717) is 18.1 Å². The van der Waals surface area contributed by atoms with Gasteiger partial charge in [0.05, 0.1) is 13.2 Å². The van der Waals surface area contributed by atoms with E-state index in [4.69, 9.17) is 9.47 Å². The predicted molar refractivity (Wildman–Crippen MR) is 94.4 cm³/mol. The van der Waals surface area contributed by atoms with Crippen LogP contribution in [0.5, 0.6) is 0 Å². The highest BCUT2D eigenvalue weighted by Crippen LogP contribution is 2.31. The number of hydrogen-bond acceptors (Lipinski definition) is 5. The Kier molecular flexibility index (Phi) is 9.12. The first-order valence-corrected chi connectivity index (χ1v) is 10.1. The van der Waals surface area contributed by atoms with Crippen molar-refractivity contribution < 1.29 is 23.3 Å². The predicted octanol–water partition coefficient (Wildman–Crippen LogP) is 1.91. The van der Waals surface area contributed by atoms with Crippen LogP contribution >= 0.6 is 0 Å². The van der Waals surface area contributed by atoms with Gasteiger partial charge in [-0.05, 0) is 32.4 Å². The van der Waals surface area contributed by atoms with Crippen molar-refractivity contribution in [2.75, 3.05) is 31.8 Å². The molecule has 0 rings (SSSR count). The number of amides is 1. The molecule has 0 fully saturated rings. The highest BCUT2D eigenvalue weighted by atomic mass is 32.2. The lowest BCUT2D eigenvalue weighted by Crippen LogP contribution is -2.44. The second kappa shape index (κ2) is 9.70. The normalized spacial score (nSPS) is 12.6.